The van der Waals surface area contributed by atoms with Crippen molar-refractivity contribution in [3.05, 3.63) is 34.5 Å². The molecule has 1 aromatic heterocycles. The van der Waals surface area contributed by atoms with E-state index in [1.165, 1.54) is 17.7 Å². The average Bonchev–Trinajstić information content (AvgIpc) is 2.86. The van der Waals surface area contributed by atoms with Crippen LogP contribution in [0.2, 0.25) is 0 Å². The number of thiophene rings is 1. The van der Waals surface area contributed by atoms with Crippen LogP contribution in [0.5, 0.6) is 0 Å². The van der Waals surface area contributed by atoms with Crippen LogP contribution in [0.15, 0.2) is 29.7 Å². The van der Waals surface area contributed by atoms with Gasteiger partial charge < -0.3 is 5.32 Å². The van der Waals surface area contributed by atoms with Gasteiger partial charge in [-0.1, -0.05) is 25.1 Å². The maximum Gasteiger partial charge on any atom is 0.0240 e. The van der Waals surface area contributed by atoms with Crippen LogP contribution in [-0.2, 0) is 5.41 Å². The number of hydrogen-bond donors (Lipinski definition) is 1. The van der Waals surface area contributed by atoms with Gasteiger partial charge in [0.1, 0.15) is 0 Å². The summed E-state index contributed by atoms with van der Waals surface area (Å²) in [5.74, 6) is 0. The van der Waals surface area contributed by atoms with Gasteiger partial charge in [0.15, 0.2) is 0 Å². The molecule has 0 saturated heterocycles. The normalized spacial score (nSPS) is 18.9. The topological polar surface area (TPSA) is 12.0 Å². The molecule has 0 amide bonds. The van der Waals surface area contributed by atoms with Crippen LogP contribution < -0.4 is 5.32 Å². The Morgan fingerprint density at radius 2 is 2.21 bits per heavy atom. The number of likely N-dealkylation sites (N-methyl/N-ethyl adjacent to an activating group) is 1. The zero-order valence-corrected chi connectivity index (χ0v) is 9.44. The van der Waals surface area contributed by atoms with E-state index in [1.807, 2.05) is 11.3 Å². The van der Waals surface area contributed by atoms with Crippen molar-refractivity contribution in [1.29, 1.82) is 0 Å². The molecule has 1 heterocycles. The summed E-state index contributed by atoms with van der Waals surface area (Å²) in [7, 11) is 0. The third-order valence-electron chi connectivity index (χ3n) is 2.94. The fourth-order valence-corrected chi connectivity index (χ4v) is 3.03. The van der Waals surface area contributed by atoms with Crippen LogP contribution in [0.4, 0.5) is 0 Å². The second kappa shape index (κ2) is 4.28. The van der Waals surface area contributed by atoms with Gasteiger partial charge in [-0.15, -0.1) is 11.3 Å². The summed E-state index contributed by atoms with van der Waals surface area (Å²) in [5, 5.41) is 5.67. The zero-order valence-electron chi connectivity index (χ0n) is 8.62. The van der Waals surface area contributed by atoms with E-state index in [9.17, 15) is 0 Å². The Balaban J connectivity index is 2.15. The van der Waals surface area contributed by atoms with Crippen LogP contribution in [0.25, 0.3) is 0 Å². The van der Waals surface area contributed by atoms with E-state index in [4.69, 9.17) is 0 Å². The highest BCUT2D eigenvalue weighted by molar-refractivity contribution is 7.10. The highest BCUT2D eigenvalue weighted by Crippen LogP contribution is 2.38. The average molecular weight is 207 g/mol. The van der Waals surface area contributed by atoms with Crippen molar-refractivity contribution in [2.75, 3.05) is 13.1 Å². The Morgan fingerprint density at radius 3 is 2.79 bits per heavy atom. The van der Waals surface area contributed by atoms with Crippen molar-refractivity contribution >= 4 is 11.3 Å². The molecule has 0 fully saturated rings. The molecule has 76 valence electrons. The summed E-state index contributed by atoms with van der Waals surface area (Å²) < 4.78 is 0. The molecule has 1 nitrogen and oxygen atoms in total. The second-order valence-electron chi connectivity index (χ2n) is 3.92. The van der Waals surface area contributed by atoms with Crippen molar-refractivity contribution in [1.82, 2.24) is 5.32 Å². The molecule has 1 aliphatic rings. The zero-order chi connectivity index (χ0) is 9.86. The second-order valence-corrected chi connectivity index (χ2v) is 4.87. The molecule has 14 heavy (non-hydrogen) atoms. The van der Waals surface area contributed by atoms with Crippen molar-refractivity contribution in [2.24, 2.45) is 0 Å². The standard InChI is InChI=1S/C12H17NS/c1-2-13-10-12(7-3-4-8-12)11-6-5-9-14-11/h3-6,9,13H,2,7-8,10H2,1H3. The first-order valence-electron chi connectivity index (χ1n) is 5.27. The summed E-state index contributed by atoms with van der Waals surface area (Å²) in [6.45, 7) is 4.34. The van der Waals surface area contributed by atoms with E-state index < -0.39 is 0 Å². The van der Waals surface area contributed by atoms with E-state index in [2.05, 4.69) is 41.9 Å². The molecule has 1 N–H and O–H groups in total. The number of allylic oxidation sites excluding steroid dienone is 2. The minimum atomic E-state index is 0.365. The lowest BCUT2D eigenvalue weighted by Crippen LogP contribution is -2.35. The molecule has 1 aromatic rings. The van der Waals surface area contributed by atoms with Crippen molar-refractivity contribution in [3.63, 3.8) is 0 Å². The summed E-state index contributed by atoms with van der Waals surface area (Å²) in [5.41, 5.74) is 0.365. The smallest absolute Gasteiger partial charge is 0.0240 e. The van der Waals surface area contributed by atoms with Gasteiger partial charge in [0.2, 0.25) is 0 Å². The molecule has 0 unspecified atom stereocenters. The predicted octanol–water partition coefficient (Wildman–Crippen LogP) is 2.95. The molecule has 0 aromatic carbocycles. The summed E-state index contributed by atoms with van der Waals surface area (Å²) >= 11 is 1.89. The van der Waals surface area contributed by atoms with E-state index in [0.29, 0.717) is 5.41 Å². The summed E-state index contributed by atoms with van der Waals surface area (Å²) in [6, 6.07) is 4.43. The third kappa shape index (κ3) is 1.77. The van der Waals surface area contributed by atoms with Gasteiger partial charge in [-0.2, -0.15) is 0 Å². The lowest BCUT2D eigenvalue weighted by atomic mass is 9.83. The summed E-state index contributed by atoms with van der Waals surface area (Å²) in [4.78, 5) is 1.53. The van der Waals surface area contributed by atoms with E-state index in [1.54, 1.807) is 0 Å². The Labute approximate surface area is 89.8 Å². The first kappa shape index (κ1) is 9.94. The predicted molar refractivity (Wildman–Crippen MR) is 62.9 cm³/mol. The van der Waals surface area contributed by atoms with Crippen LogP contribution in [0.1, 0.15) is 24.6 Å². The van der Waals surface area contributed by atoms with E-state index in [-0.39, 0.29) is 0 Å². The molecular formula is C12H17NS. The Hall–Kier alpha value is -0.600. The van der Waals surface area contributed by atoms with E-state index >= 15 is 0 Å². The van der Waals surface area contributed by atoms with Gasteiger partial charge in [0.25, 0.3) is 0 Å². The minimum Gasteiger partial charge on any atom is -0.316 e. The van der Waals surface area contributed by atoms with Crippen molar-refractivity contribution in [3.8, 4) is 0 Å². The Morgan fingerprint density at radius 1 is 1.43 bits per heavy atom. The minimum absolute atomic E-state index is 0.365. The molecule has 1 aliphatic carbocycles. The number of rotatable bonds is 4. The SMILES string of the molecule is CCNCC1(c2cccs2)CC=CC1. The van der Waals surface area contributed by atoms with E-state index in [0.717, 1.165) is 13.1 Å². The van der Waals surface area contributed by atoms with Crippen LogP contribution in [0, 0.1) is 0 Å². The van der Waals surface area contributed by atoms with Gasteiger partial charge in [0, 0.05) is 16.8 Å². The molecule has 0 radical (unpaired) electrons. The van der Waals surface area contributed by atoms with Crippen LogP contribution in [-0.4, -0.2) is 13.1 Å². The van der Waals surface area contributed by atoms with Crippen LogP contribution >= 0.6 is 11.3 Å². The molecule has 2 rings (SSSR count). The first-order chi connectivity index (χ1) is 6.87. The lowest BCUT2D eigenvalue weighted by molar-refractivity contribution is 0.432. The molecule has 0 spiro atoms. The molecular weight excluding hydrogens is 190 g/mol. The van der Waals surface area contributed by atoms with Gasteiger partial charge in [-0.3, -0.25) is 0 Å². The van der Waals surface area contributed by atoms with Gasteiger partial charge >= 0.3 is 0 Å². The maximum absolute atomic E-state index is 3.49. The molecule has 0 aliphatic heterocycles. The monoisotopic (exact) mass is 207 g/mol. The Bertz CT molecular complexity index is 292. The molecule has 0 bridgehead atoms. The fraction of sp³-hybridized carbons (Fsp3) is 0.500. The van der Waals surface area contributed by atoms with Crippen molar-refractivity contribution < 1.29 is 0 Å². The lowest BCUT2D eigenvalue weighted by Gasteiger charge is -2.28. The van der Waals surface area contributed by atoms with Gasteiger partial charge in [-0.25, -0.2) is 0 Å². The number of hydrogen-bond acceptors (Lipinski definition) is 2. The fourth-order valence-electron chi connectivity index (χ4n) is 2.08. The molecule has 2 heteroatoms. The third-order valence-corrected chi connectivity index (χ3v) is 4.06. The largest absolute Gasteiger partial charge is 0.316 e. The number of nitrogens with one attached hydrogen (secondary N) is 1. The van der Waals surface area contributed by atoms with Gasteiger partial charge in [0.05, 0.1) is 0 Å². The summed E-state index contributed by atoms with van der Waals surface area (Å²) in [6.07, 6.45) is 7.02. The van der Waals surface area contributed by atoms with Gasteiger partial charge in [-0.05, 0) is 30.8 Å². The molecule has 0 atom stereocenters. The Kier molecular flexibility index (Phi) is 3.04. The quantitative estimate of drug-likeness (QED) is 0.749. The van der Waals surface area contributed by atoms with Crippen molar-refractivity contribution in [2.45, 2.75) is 25.2 Å². The highest BCUT2D eigenvalue weighted by atomic mass is 32.1. The van der Waals surface area contributed by atoms with Crippen LogP contribution in [0.3, 0.4) is 0 Å². The molecule has 0 saturated carbocycles. The first-order valence-corrected chi connectivity index (χ1v) is 6.15. The maximum atomic E-state index is 3.49. The highest BCUT2D eigenvalue weighted by Gasteiger charge is 2.33.